The molecule has 3 heterocycles. The molecule has 0 N–H and O–H groups in total. The minimum atomic E-state index is -0.198. The molecule has 0 fully saturated rings. The summed E-state index contributed by atoms with van der Waals surface area (Å²) in [5.74, 6) is 1.41. The van der Waals surface area contributed by atoms with Crippen LogP contribution in [0.2, 0.25) is 0 Å². The molecule has 0 spiro atoms. The first kappa shape index (κ1) is 19.1. The van der Waals surface area contributed by atoms with Crippen molar-refractivity contribution in [3.8, 4) is 23.3 Å². The van der Waals surface area contributed by atoms with Gasteiger partial charge in [-0.25, -0.2) is 4.68 Å². The number of pyridine rings is 1. The summed E-state index contributed by atoms with van der Waals surface area (Å²) in [4.78, 5) is 4.57. The second-order valence-electron chi connectivity index (χ2n) is 7.78. The van der Waals surface area contributed by atoms with Crippen LogP contribution >= 0.6 is 0 Å². The Morgan fingerprint density at radius 2 is 2.06 bits per heavy atom. The summed E-state index contributed by atoms with van der Waals surface area (Å²) >= 11 is 0. The number of nitrogens with zero attached hydrogens (tertiary/aromatic N) is 6. The van der Waals surface area contributed by atoms with Crippen molar-refractivity contribution in [3.05, 3.63) is 59.3 Å². The summed E-state index contributed by atoms with van der Waals surface area (Å²) in [5.41, 5.74) is 5.16. The Kier molecular flexibility index (Phi) is 4.59. The predicted molar refractivity (Wildman–Crippen MR) is 114 cm³/mol. The van der Waals surface area contributed by atoms with Crippen LogP contribution in [0.1, 0.15) is 41.3 Å². The van der Waals surface area contributed by atoms with Crippen LogP contribution in [0.4, 0.5) is 0 Å². The van der Waals surface area contributed by atoms with E-state index in [-0.39, 0.29) is 6.10 Å². The van der Waals surface area contributed by atoms with E-state index >= 15 is 0 Å². The summed E-state index contributed by atoms with van der Waals surface area (Å²) in [7, 11) is 3.48. The van der Waals surface area contributed by atoms with Crippen molar-refractivity contribution >= 4 is 10.9 Å². The Hall–Kier alpha value is -3.86. The molecule has 1 aromatic carbocycles. The topological polar surface area (TPSA) is 90.8 Å². The first-order chi connectivity index (χ1) is 15.1. The van der Waals surface area contributed by atoms with Crippen LogP contribution in [0, 0.1) is 18.3 Å². The number of methoxy groups -OCH3 is 1. The minimum Gasteiger partial charge on any atom is -0.495 e. The zero-order valence-electron chi connectivity index (χ0n) is 17.7. The van der Waals surface area contributed by atoms with E-state index in [1.165, 1.54) is 0 Å². The lowest BCUT2D eigenvalue weighted by Crippen LogP contribution is -2.19. The van der Waals surface area contributed by atoms with Crippen LogP contribution in [0.25, 0.3) is 16.6 Å². The predicted octanol–water partition coefficient (Wildman–Crippen LogP) is 3.80. The van der Waals surface area contributed by atoms with Crippen LogP contribution < -0.4 is 9.47 Å². The highest BCUT2D eigenvalue weighted by molar-refractivity contribution is 5.83. The first-order valence-corrected chi connectivity index (χ1v) is 10.2. The molecule has 5 rings (SSSR count). The molecule has 1 aliphatic rings. The van der Waals surface area contributed by atoms with Gasteiger partial charge in [0.2, 0.25) is 0 Å². The van der Waals surface area contributed by atoms with Gasteiger partial charge in [-0.3, -0.25) is 9.67 Å². The van der Waals surface area contributed by atoms with Gasteiger partial charge in [0, 0.05) is 30.3 Å². The van der Waals surface area contributed by atoms with E-state index in [9.17, 15) is 5.26 Å². The molecule has 0 saturated heterocycles. The van der Waals surface area contributed by atoms with Crippen molar-refractivity contribution in [1.82, 2.24) is 24.5 Å². The summed E-state index contributed by atoms with van der Waals surface area (Å²) in [5, 5.41) is 19.2. The molecule has 0 amide bonds. The fraction of sp³-hybridized carbons (Fsp3) is 0.304. The third kappa shape index (κ3) is 3.19. The van der Waals surface area contributed by atoms with Gasteiger partial charge in [0.05, 0.1) is 36.9 Å². The number of hydrogen-bond donors (Lipinski definition) is 0. The molecule has 0 aliphatic heterocycles. The molecule has 8 nitrogen and oxygen atoms in total. The quantitative estimate of drug-likeness (QED) is 0.504. The lowest BCUT2D eigenvalue weighted by molar-refractivity contribution is 0.176. The summed E-state index contributed by atoms with van der Waals surface area (Å²) < 4.78 is 15.6. The van der Waals surface area contributed by atoms with E-state index in [0.29, 0.717) is 11.3 Å². The third-order valence-electron chi connectivity index (χ3n) is 5.75. The molecular weight excluding hydrogens is 392 g/mol. The molecule has 3 aromatic heterocycles. The van der Waals surface area contributed by atoms with E-state index in [1.54, 1.807) is 24.2 Å². The van der Waals surface area contributed by atoms with Crippen LogP contribution in [0.5, 0.6) is 11.5 Å². The van der Waals surface area contributed by atoms with Gasteiger partial charge in [0.15, 0.2) is 0 Å². The van der Waals surface area contributed by atoms with E-state index < -0.39 is 0 Å². The van der Waals surface area contributed by atoms with Gasteiger partial charge in [-0.1, -0.05) is 0 Å². The number of nitriles is 1. The van der Waals surface area contributed by atoms with Gasteiger partial charge >= 0.3 is 0 Å². The van der Waals surface area contributed by atoms with E-state index in [2.05, 4.69) is 27.3 Å². The number of rotatable bonds is 4. The normalized spacial score (nSPS) is 15.5. The Labute approximate surface area is 179 Å². The highest BCUT2D eigenvalue weighted by atomic mass is 16.5. The Balaban J connectivity index is 1.55. The third-order valence-corrected chi connectivity index (χ3v) is 5.75. The minimum absolute atomic E-state index is 0.198. The average molecular weight is 414 g/mol. The highest BCUT2D eigenvalue weighted by Crippen LogP contribution is 2.39. The van der Waals surface area contributed by atoms with Gasteiger partial charge < -0.3 is 9.47 Å². The van der Waals surface area contributed by atoms with Crippen molar-refractivity contribution in [1.29, 1.82) is 5.26 Å². The maximum absolute atomic E-state index is 9.37. The fourth-order valence-electron chi connectivity index (χ4n) is 4.27. The van der Waals surface area contributed by atoms with Gasteiger partial charge in [0.25, 0.3) is 0 Å². The van der Waals surface area contributed by atoms with Crippen molar-refractivity contribution in [2.45, 2.75) is 32.3 Å². The first-order valence-electron chi connectivity index (χ1n) is 10.2. The number of benzene rings is 1. The van der Waals surface area contributed by atoms with Crippen LogP contribution in [-0.2, 0) is 13.5 Å². The van der Waals surface area contributed by atoms with Gasteiger partial charge in [-0.05, 0) is 37.8 Å². The standard InChI is InChI=1S/C23H22N6O2/c1-14-7-15-11-27-29(17-12-26-28(2)13-17)19(15)8-21(14)31-20-6-4-5-18-22(20)25-10-16(9-24)23(18)30-3/h7-8,10-13,20H,4-6H2,1-3H3. The molecule has 1 unspecified atom stereocenters. The van der Waals surface area contributed by atoms with Crippen LogP contribution in [0.15, 0.2) is 36.9 Å². The summed E-state index contributed by atoms with van der Waals surface area (Å²) in [6.07, 6.45) is 9.56. The molecule has 0 saturated carbocycles. The van der Waals surface area contributed by atoms with E-state index in [1.807, 2.05) is 37.1 Å². The fourth-order valence-corrected chi connectivity index (χ4v) is 4.27. The summed E-state index contributed by atoms with van der Waals surface area (Å²) in [6.45, 7) is 2.03. The Morgan fingerprint density at radius 3 is 2.81 bits per heavy atom. The largest absolute Gasteiger partial charge is 0.495 e. The number of fused-ring (bicyclic) bond motifs is 2. The van der Waals surface area contributed by atoms with E-state index in [4.69, 9.17) is 9.47 Å². The number of ether oxygens (including phenoxy) is 2. The molecule has 4 aromatic rings. The maximum atomic E-state index is 9.37. The zero-order chi connectivity index (χ0) is 21.5. The zero-order valence-corrected chi connectivity index (χ0v) is 17.7. The highest BCUT2D eigenvalue weighted by Gasteiger charge is 2.28. The van der Waals surface area contributed by atoms with Crippen molar-refractivity contribution in [2.24, 2.45) is 7.05 Å². The van der Waals surface area contributed by atoms with E-state index in [0.717, 1.165) is 58.4 Å². The average Bonchev–Trinajstić information content (AvgIpc) is 3.38. The summed E-state index contributed by atoms with van der Waals surface area (Å²) in [6, 6.07) is 6.28. The smallest absolute Gasteiger partial charge is 0.143 e. The number of hydrogen-bond acceptors (Lipinski definition) is 6. The lowest BCUT2D eigenvalue weighted by atomic mass is 9.91. The maximum Gasteiger partial charge on any atom is 0.143 e. The molecule has 156 valence electrons. The molecule has 1 aliphatic carbocycles. The molecule has 0 radical (unpaired) electrons. The Bertz CT molecular complexity index is 1330. The molecule has 8 heteroatoms. The van der Waals surface area contributed by atoms with Gasteiger partial charge in [0.1, 0.15) is 34.9 Å². The molecule has 1 atom stereocenters. The van der Waals surface area contributed by atoms with Crippen molar-refractivity contribution < 1.29 is 9.47 Å². The molecule has 0 bridgehead atoms. The number of aromatic nitrogens is 5. The monoisotopic (exact) mass is 414 g/mol. The number of aryl methyl sites for hydroxylation is 2. The molecule has 31 heavy (non-hydrogen) atoms. The SMILES string of the molecule is COc1c(C#N)cnc2c1CCCC2Oc1cc2c(cnn2-c2cnn(C)c2)cc1C. The van der Waals surface area contributed by atoms with Gasteiger partial charge in [-0.2, -0.15) is 15.5 Å². The second-order valence-corrected chi connectivity index (χ2v) is 7.78. The molecular formula is C23H22N6O2. The second kappa shape index (κ2) is 7.43. The van der Waals surface area contributed by atoms with Crippen molar-refractivity contribution in [2.75, 3.05) is 7.11 Å². The Morgan fingerprint density at radius 1 is 1.19 bits per heavy atom. The van der Waals surface area contributed by atoms with Crippen LogP contribution in [-0.4, -0.2) is 31.7 Å². The van der Waals surface area contributed by atoms with Gasteiger partial charge in [-0.15, -0.1) is 0 Å². The lowest BCUT2D eigenvalue weighted by Gasteiger charge is -2.27. The van der Waals surface area contributed by atoms with Crippen LogP contribution in [0.3, 0.4) is 0 Å². The van der Waals surface area contributed by atoms with Crippen molar-refractivity contribution in [3.63, 3.8) is 0 Å².